The highest BCUT2D eigenvalue weighted by molar-refractivity contribution is 4.67. The van der Waals surface area contributed by atoms with Gasteiger partial charge in [0.1, 0.15) is 0 Å². The minimum absolute atomic E-state index is 0.477. The fraction of sp³-hybridized carbons (Fsp3) is 1.00. The van der Waals surface area contributed by atoms with Crippen molar-refractivity contribution in [3.8, 4) is 0 Å². The molecule has 1 atom stereocenters. The van der Waals surface area contributed by atoms with Crippen molar-refractivity contribution < 1.29 is 4.74 Å². The Balaban J connectivity index is 1.96. The minimum Gasteiger partial charge on any atom is -0.383 e. The zero-order valence-electron chi connectivity index (χ0n) is 9.59. The van der Waals surface area contributed by atoms with Crippen LogP contribution in [0, 0.1) is 0 Å². The molecule has 1 N–H and O–H groups in total. The molecule has 1 saturated heterocycles. The summed E-state index contributed by atoms with van der Waals surface area (Å²) in [4.78, 5) is 2.55. The van der Waals surface area contributed by atoms with Crippen molar-refractivity contribution in [1.82, 2.24) is 10.2 Å². The largest absolute Gasteiger partial charge is 0.383 e. The second-order valence-corrected chi connectivity index (χ2v) is 4.21. The molecule has 1 rings (SSSR count). The van der Waals surface area contributed by atoms with Gasteiger partial charge in [-0.1, -0.05) is 6.42 Å². The van der Waals surface area contributed by atoms with Crippen LogP contribution in [0.1, 0.15) is 26.2 Å². The van der Waals surface area contributed by atoms with E-state index in [2.05, 4.69) is 17.1 Å². The lowest BCUT2D eigenvalue weighted by Crippen LogP contribution is -2.39. The Labute approximate surface area is 87.8 Å². The summed E-state index contributed by atoms with van der Waals surface area (Å²) in [6.07, 6.45) is 4.19. The fourth-order valence-electron chi connectivity index (χ4n) is 1.96. The first-order valence-electron chi connectivity index (χ1n) is 5.77. The van der Waals surface area contributed by atoms with Crippen molar-refractivity contribution in [3.63, 3.8) is 0 Å². The average Bonchev–Trinajstić information content (AvgIpc) is 2.20. The Morgan fingerprint density at radius 3 is 2.64 bits per heavy atom. The molecule has 0 aromatic heterocycles. The first kappa shape index (κ1) is 12.0. The average molecular weight is 200 g/mol. The molecule has 0 amide bonds. The molecule has 1 aliphatic heterocycles. The van der Waals surface area contributed by atoms with E-state index in [1.807, 2.05) is 0 Å². The molecular weight excluding hydrogens is 176 g/mol. The maximum atomic E-state index is 5.07. The van der Waals surface area contributed by atoms with Crippen molar-refractivity contribution in [2.45, 2.75) is 32.2 Å². The van der Waals surface area contributed by atoms with Gasteiger partial charge in [0, 0.05) is 26.2 Å². The molecule has 0 spiro atoms. The summed E-state index contributed by atoms with van der Waals surface area (Å²) < 4.78 is 5.07. The van der Waals surface area contributed by atoms with E-state index >= 15 is 0 Å². The van der Waals surface area contributed by atoms with Crippen molar-refractivity contribution in [2.75, 3.05) is 39.9 Å². The van der Waals surface area contributed by atoms with Gasteiger partial charge in [0.15, 0.2) is 0 Å². The summed E-state index contributed by atoms with van der Waals surface area (Å²) in [5.74, 6) is 0. The quantitative estimate of drug-likeness (QED) is 0.695. The second-order valence-electron chi connectivity index (χ2n) is 4.21. The Morgan fingerprint density at radius 2 is 2.00 bits per heavy atom. The van der Waals surface area contributed by atoms with Gasteiger partial charge >= 0.3 is 0 Å². The highest BCUT2D eigenvalue weighted by Gasteiger charge is 2.09. The lowest BCUT2D eigenvalue weighted by molar-refractivity contribution is 0.167. The molecule has 3 nitrogen and oxygen atoms in total. The monoisotopic (exact) mass is 200 g/mol. The number of rotatable bonds is 6. The first-order chi connectivity index (χ1) is 6.83. The Hall–Kier alpha value is -0.120. The van der Waals surface area contributed by atoms with Gasteiger partial charge < -0.3 is 15.0 Å². The van der Waals surface area contributed by atoms with Crippen LogP contribution in [0.3, 0.4) is 0 Å². The number of nitrogens with one attached hydrogen (secondary N) is 1. The zero-order chi connectivity index (χ0) is 10.2. The molecule has 0 unspecified atom stereocenters. The zero-order valence-corrected chi connectivity index (χ0v) is 9.59. The van der Waals surface area contributed by atoms with E-state index in [0.29, 0.717) is 6.04 Å². The predicted octanol–water partition coefficient (Wildman–Crippen LogP) is 1.10. The molecular formula is C11H24N2O. The van der Waals surface area contributed by atoms with Crippen molar-refractivity contribution >= 4 is 0 Å². The minimum atomic E-state index is 0.477. The number of ether oxygens (including phenoxy) is 1. The molecule has 0 radical (unpaired) electrons. The van der Waals surface area contributed by atoms with Crippen LogP contribution >= 0.6 is 0 Å². The smallest absolute Gasteiger partial charge is 0.0613 e. The number of piperidine rings is 1. The lowest BCUT2D eigenvalue weighted by atomic mass is 10.1. The number of likely N-dealkylation sites (tertiary alicyclic amines) is 1. The number of methoxy groups -OCH3 is 1. The molecule has 84 valence electrons. The van der Waals surface area contributed by atoms with Gasteiger partial charge in [-0.3, -0.25) is 0 Å². The van der Waals surface area contributed by atoms with Crippen LogP contribution in [0.5, 0.6) is 0 Å². The topological polar surface area (TPSA) is 24.5 Å². The third-order valence-electron chi connectivity index (χ3n) is 2.79. The molecule has 3 heteroatoms. The summed E-state index contributed by atoms with van der Waals surface area (Å²) in [6.45, 7) is 7.83. The summed E-state index contributed by atoms with van der Waals surface area (Å²) in [5.41, 5.74) is 0. The molecule has 1 fully saturated rings. The molecule has 0 aliphatic carbocycles. The van der Waals surface area contributed by atoms with E-state index in [9.17, 15) is 0 Å². The number of nitrogens with zero attached hydrogens (tertiary/aromatic N) is 1. The molecule has 14 heavy (non-hydrogen) atoms. The SMILES string of the molecule is COC[C@@H](C)NCCN1CCCCC1. The van der Waals surface area contributed by atoms with E-state index in [-0.39, 0.29) is 0 Å². The van der Waals surface area contributed by atoms with Crippen molar-refractivity contribution in [3.05, 3.63) is 0 Å². The van der Waals surface area contributed by atoms with Gasteiger partial charge in [0.05, 0.1) is 6.61 Å². The molecule has 0 saturated carbocycles. The van der Waals surface area contributed by atoms with Crippen LogP contribution in [-0.2, 0) is 4.74 Å². The third kappa shape index (κ3) is 4.94. The van der Waals surface area contributed by atoms with Gasteiger partial charge in [-0.25, -0.2) is 0 Å². The van der Waals surface area contributed by atoms with Crippen LogP contribution in [-0.4, -0.2) is 50.8 Å². The summed E-state index contributed by atoms with van der Waals surface area (Å²) in [7, 11) is 1.75. The molecule has 0 bridgehead atoms. The van der Waals surface area contributed by atoms with Gasteiger partial charge in [-0.05, 0) is 32.9 Å². The van der Waals surface area contributed by atoms with Crippen LogP contribution in [0.25, 0.3) is 0 Å². The summed E-state index contributed by atoms with van der Waals surface area (Å²) in [5, 5.41) is 3.46. The standard InChI is InChI=1S/C11H24N2O/c1-11(10-14-2)12-6-9-13-7-4-3-5-8-13/h11-12H,3-10H2,1-2H3/t11-/m1/s1. The van der Waals surface area contributed by atoms with Crippen LogP contribution in [0.15, 0.2) is 0 Å². The van der Waals surface area contributed by atoms with E-state index in [1.165, 1.54) is 38.9 Å². The Morgan fingerprint density at radius 1 is 1.29 bits per heavy atom. The molecule has 1 aliphatic rings. The van der Waals surface area contributed by atoms with Crippen molar-refractivity contribution in [2.24, 2.45) is 0 Å². The number of hydrogen-bond acceptors (Lipinski definition) is 3. The Kier molecular flexibility index (Phi) is 6.15. The Bertz CT molecular complexity index is 135. The maximum Gasteiger partial charge on any atom is 0.0613 e. The summed E-state index contributed by atoms with van der Waals surface area (Å²) in [6, 6.07) is 0.477. The van der Waals surface area contributed by atoms with Crippen LogP contribution in [0.2, 0.25) is 0 Å². The highest BCUT2D eigenvalue weighted by Crippen LogP contribution is 2.07. The molecule has 0 aromatic carbocycles. The van der Waals surface area contributed by atoms with E-state index in [0.717, 1.165) is 13.2 Å². The summed E-state index contributed by atoms with van der Waals surface area (Å²) >= 11 is 0. The van der Waals surface area contributed by atoms with Gasteiger partial charge in [-0.15, -0.1) is 0 Å². The van der Waals surface area contributed by atoms with Gasteiger partial charge in [-0.2, -0.15) is 0 Å². The van der Waals surface area contributed by atoms with Crippen LogP contribution < -0.4 is 5.32 Å². The van der Waals surface area contributed by atoms with E-state index in [4.69, 9.17) is 4.74 Å². The number of hydrogen-bond donors (Lipinski definition) is 1. The van der Waals surface area contributed by atoms with Gasteiger partial charge in [0.25, 0.3) is 0 Å². The third-order valence-corrected chi connectivity index (χ3v) is 2.79. The van der Waals surface area contributed by atoms with E-state index in [1.54, 1.807) is 7.11 Å². The molecule has 0 aromatic rings. The van der Waals surface area contributed by atoms with Crippen LogP contribution in [0.4, 0.5) is 0 Å². The normalized spacial score (nSPS) is 21.0. The van der Waals surface area contributed by atoms with Crippen molar-refractivity contribution in [1.29, 1.82) is 0 Å². The second kappa shape index (κ2) is 7.21. The van der Waals surface area contributed by atoms with Gasteiger partial charge in [0.2, 0.25) is 0 Å². The highest BCUT2D eigenvalue weighted by atomic mass is 16.5. The molecule has 1 heterocycles. The lowest BCUT2D eigenvalue weighted by Gasteiger charge is -2.27. The maximum absolute atomic E-state index is 5.07. The predicted molar refractivity (Wildman–Crippen MR) is 59.6 cm³/mol. The fourth-order valence-corrected chi connectivity index (χ4v) is 1.96. The first-order valence-corrected chi connectivity index (χ1v) is 5.77. The van der Waals surface area contributed by atoms with E-state index < -0.39 is 0 Å².